The first-order valence-corrected chi connectivity index (χ1v) is 14.2. The summed E-state index contributed by atoms with van der Waals surface area (Å²) in [5, 5.41) is 1.70. The fourth-order valence-electron chi connectivity index (χ4n) is 5.34. The van der Waals surface area contributed by atoms with Crippen LogP contribution in [-0.2, 0) is 15.7 Å². The lowest BCUT2D eigenvalue weighted by atomic mass is 9.84. The number of amides is 1. The monoisotopic (exact) mass is 572 g/mol. The molecule has 2 atom stereocenters. The van der Waals surface area contributed by atoms with Crippen LogP contribution in [0, 0.1) is 11.2 Å². The molecule has 1 saturated carbocycles. The van der Waals surface area contributed by atoms with Crippen LogP contribution in [0.2, 0.25) is 5.02 Å². The molecule has 1 aliphatic carbocycles. The van der Waals surface area contributed by atoms with Crippen molar-refractivity contribution in [2.24, 2.45) is 16.1 Å². The number of hydrogen-bond acceptors (Lipinski definition) is 7. The molecule has 1 amide bonds. The van der Waals surface area contributed by atoms with Gasteiger partial charge in [-0.05, 0) is 67.7 Å². The van der Waals surface area contributed by atoms with Crippen molar-refractivity contribution in [3.8, 4) is 5.75 Å². The molecule has 9 nitrogen and oxygen atoms in total. The van der Waals surface area contributed by atoms with Crippen molar-refractivity contribution in [3.63, 3.8) is 0 Å². The number of carbonyl (C=O) groups excluding carboxylic acids is 1. The Morgan fingerprint density at radius 3 is 2.66 bits per heavy atom. The smallest absolute Gasteiger partial charge is 0.387 e. The Bertz CT molecular complexity index is 1400. The van der Waals surface area contributed by atoms with Gasteiger partial charge in [0.15, 0.2) is 0 Å². The molecule has 2 aliphatic heterocycles. The molecule has 0 radical (unpaired) electrons. The molecule has 14 heteroatoms. The molecule has 0 bridgehead atoms. The highest BCUT2D eigenvalue weighted by Crippen LogP contribution is 2.59. The molecule has 1 spiro atoms. The summed E-state index contributed by atoms with van der Waals surface area (Å²) in [6.07, 6.45) is 3.47. The number of carbonyl (C=O) groups is 1. The topological polar surface area (TPSA) is 132 Å². The number of anilines is 1. The van der Waals surface area contributed by atoms with Crippen LogP contribution in [0.25, 0.3) is 0 Å². The maximum absolute atomic E-state index is 15.4. The number of pyridine rings is 2. The van der Waals surface area contributed by atoms with Crippen LogP contribution in [0.15, 0.2) is 29.4 Å². The Balaban J connectivity index is 1.50. The molecule has 4 N–H and O–H groups in total. The molecule has 3 aliphatic rings. The van der Waals surface area contributed by atoms with E-state index in [0.29, 0.717) is 13.0 Å². The third kappa shape index (κ3) is 4.24. The first-order chi connectivity index (χ1) is 17.7. The fourth-order valence-corrected chi connectivity index (χ4v) is 9.47. The van der Waals surface area contributed by atoms with Crippen molar-refractivity contribution in [2.75, 3.05) is 11.9 Å². The van der Waals surface area contributed by atoms with Gasteiger partial charge in [-0.25, -0.2) is 14.4 Å². The quantitative estimate of drug-likeness (QED) is 0.405. The molecule has 4 heterocycles. The van der Waals surface area contributed by atoms with Crippen LogP contribution in [0.5, 0.6) is 5.75 Å². The van der Waals surface area contributed by atoms with Gasteiger partial charge in [-0.1, -0.05) is 11.6 Å². The van der Waals surface area contributed by atoms with Crippen LogP contribution in [0.3, 0.4) is 0 Å². The van der Waals surface area contributed by atoms with Gasteiger partial charge in [0.25, 0.3) is 5.91 Å². The number of rotatable bonds is 5. The van der Waals surface area contributed by atoms with Crippen molar-refractivity contribution in [3.05, 3.63) is 46.6 Å². The van der Waals surface area contributed by atoms with Crippen molar-refractivity contribution in [1.29, 1.82) is 0 Å². The minimum atomic E-state index is -3.23. The minimum absolute atomic E-state index is 0.0115. The largest absolute Gasteiger partial charge is 0.433 e. The number of ether oxygens (including phenoxy) is 1. The summed E-state index contributed by atoms with van der Waals surface area (Å²) in [5.74, 6) is -1.70. The summed E-state index contributed by atoms with van der Waals surface area (Å²) in [5.41, 5.74) is 4.59. The van der Waals surface area contributed by atoms with E-state index < -0.39 is 44.0 Å². The second-order valence-corrected chi connectivity index (χ2v) is 14.6. The summed E-state index contributed by atoms with van der Waals surface area (Å²) in [7, 11) is -3.23. The zero-order chi connectivity index (χ0) is 27.7. The average molecular weight is 573 g/mol. The minimum Gasteiger partial charge on any atom is -0.433 e. The van der Waals surface area contributed by atoms with E-state index in [1.807, 2.05) is 0 Å². The Morgan fingerprint density at radius 2 is 2.03 bits per heavy atom. The molecule has 5 rings (SSSR count). The van der Waals surface area contributed by atoms with E-state index in [4.69, 9.17) is 22.3 Å². The maximum Gasteiger partial charge on any atom is 0.387 e. The lowest BCUT2D eigenvalue weighted by Crippen LogP contribution is -2.71. The fraction of sp³-hybridized carbons (Fsp3) is 0.500. The molecule has 2 fully saturated rings. The van der Waals surface area contributed by atoms with Crippen molar-refractivity contribution < 1.29 is 26.9 Å². The standard InChI is InChI=1S/C24H28ClF3N6O3S/c1-22(2)20(29)34-23(3,15-9-24(6-7-24)11-31-38(15,22)36)18-14(26)4-5-16(32-18)33-19(35)17-13(25)8-12(10-30-17)37-21(27)28/h4-5,8,10,15,21,38H,6-7,9,11H2,1-3H3,(H2,29,34)(H,31,36)(H,32,33,35)/t15-,23+/m1/s1. The van der Waals surface area contributed by atoms with E-state index in [1.165, 1.54) is 6.07 Å². The maximum atomic E-state index is 15.4. The van der Waals surface area contributed by atoms with E-state index in [0.717, 1.165) is 31.2 Å². The van der Waals surface area contributed by atoms with E-state index >= 15 is 4.39 Å². The number of aliphatic imine (C=N–C) groups is 1. The van der Waals surface area contributed by atoms with Crippen LogP contribution >= 0.6 is 11.6 Å². The van der Waals surface area contributed by atoms with E-state index in [9.17, 15) is 17.8 Å². The summed E-state index contributed by atoms with van der Waals surface area (Å²) in [6.45, 7) is 2.76. The molecule has 38 heavy (non-hydrogen) atoms. The third-order valence-electron chi connectivity index (χ3n) is 7.99. The van der Waals surface area contributed by atoms with Gasteiger partial charge in [0, 0.05) is 12.6 Å². The number of fused-ring (bicyclic) bond motifs is 1. The molecule has 206 valence electrons. The van der Waals surface area contributed by atoms with E-state index in [1.54, 1.807) is 20.8 Å². The zero-order valence-electron chi connectivity index (χ0n) is 20.9. The number of nitrogens with two attached hydrogens (primary N) is 1. The lowest BCUT2D eigenvalue weighted by Gasteiger charge is -2.57. The van der Waals surface area contributed by atoms with E-state index in [2.05, 4.69) is 24.7 Å². The second-order valence-electron chi connectivity index (χ2n) is 10.8. The van der Waals surface area contributed by atoms with Crippen LogP contribution in [0.1, 0.15) is 56.2 Å². The van der Waals surface area contributed by atoms with Gasteiger partial charge in [-0.2, -0.15) is 8.78 Å². The first kappa shape index (κ1) is 26.8. The second kappa shape index (κ2) is 8.88. The van der Waals surface area contributed by atoms with Gasteiger partial charge < -0.3 is 15.8 Å². The summed E-state index contributed by atoms with van der Waals surface area (Å²) in [4.78, 5) is 25.7. The number of thiol groups is 1. The Labute approximate surface area is 223 Å². The SMILES string of the molecule is CC1(C)C(N)=N[C@](C)(c2nc(NC(=O)c3ncc(OC(F)F)cc3Cl)ccc2F)[C@H]2CC3(CC3)CN[SH]21=O. The van der Waals surface area contributed by atoms with Crippen LogP contribution < -0.4 is 20.5 Å². The molecular formula is C24H28ClF3N6O3S. The predicted octanol–water partition coefficient (Wildman–Crippen LogP) is 3.56. The highest BCUT2D eigenvalue weighted by atomic mass is 35.5. The molecular weight excluding hydrogens is 545 g/mol. The predicted molar refractivity (Wildman–Crippen MR) is 139 cm³/mol. The Morgan fingerprint density at radius 1 is 1.32 bits per heavy atom. The summed E-state index contributed by atoms with van der Waals surface area (Å²) >= 11 is 6.04. The van der Waals surface area contributed by atoms with Gasteiger partial charge >= 0.3 is 6.61 Å². The van der Waals surface area contributed by atoms with Gasteiger partial charge in [-0.3, -0.25) is 18.7 Å². The molecule has 2 aromatic rings. The van der Waals surface area contributed by atoms with Gasteiger partial charge in [0.1, 0.15) is 40.1 Å². The zero-order valence-corrected chi connectivity index (χ0v) is 22.5. The number of amidine groups is 1. The highest BCUT2D eigenvalue weighted by molar-refractivity contribution is 8.04. The van der Waals surface area contributed by atoms with Crippen molar-refractivity contribution in [1.82, 2.24) is 14.7 Å². The summed E-state index contributed by atoms with van der Waals surface area (Å²) in [6, 6.07) is 3.42. The average Bonchev–Trinajstić information content (AvgIpc) is 3.59. The van der Waals surface area contributed by atoms with Gasteiger partial charge in [0.2, 0.25) is 0 Å². The number of aromatic nitrogens is 2. The molecule has 0 unspecified atom stereocenters. The van der Waals surface area contributed by atoms with Crippen molar-refractivity contribution >= 4 is 39.3 Å². The van der Waals surface area contributed by atoms with Crippen molar-refractivity contribution in [2.45, 2.75) is 62.2 Å². The molecule has 1 saturated heterocycles. The number of hydrogen-bond donors (Lipinski definition) is 4. The number of halogens is 4. The first-order valence-electron chi connectivity index (χ1n) is 12.0. The molecule has 0 aromatic carbocycles. The van der Waals surface area contributed by atoms with Crippen LogP contribution in [-0.4, -0.2) is 49.1 Å². The Hall–Kier alpha value is -2.77. The molecule has 2 aromatic heterocycles. The van der Waals surface area contributed by atoms with E-state index in [-0.39, 0.29) is 39.2 Å². The highest BCUT2D eigenvalue weighted by Gasteiger charge is 2.63. The van der Waals surface area contributed by atoms with Gasteiger partial charge in [-0.15, -0.1) is 0 Å². The lowest BCUT2D eigenvalue weighted by molar-refractivity contribution is -0.0500. The number of alkyl halides is 2. The van der Waals surface area contributed by atoms with Gasteiger partial charge in [0.05, 0.1) is 21.2 Å². The number of nitrogens with zero attached hydrogens (tertiary/aromatic N) is 3. The Kier molecular flexibility index (Phi) is 6.27. The third-order valence-corrected chi connectivity index (χ3v) is 12.4. The van der Waals surface area contributed by atoms with Crippen LogP contribution in [0.4, 0.5) is 19.0 Å². The summed E-state index contributed by atoms with van der Waals surface area (Å²) < 4.78 is 61.4. The normalized spacial score (nSPS) is 27.3. The number of nitrogens with one attached hydrogen (secondary N) is 2.